The lowest BCUT2D eigenvalue weighted by molar-refractivity contribution is 0.102. The van der Waals surface area contributed by atoms with Gasteiger partial charge in [-0.25, -0.2) is 4.98 Å². The average molecular weight is 338 g/mol. The van der Waals surface area contributed by atoms with Gasteiger partial charge in [0.25, 0.3) is 5.91 Å². The quantitative estimate of drug-likeness (QED) is 0.841. The molecule has 1 aromatic carbocycles. The van der Waals surface area contributed by atoms with Gasteiger partial charge in [0, 0.05) is 5.54 Å². The molecule has 4 nitrogen and oxygen atoms in total. The Balaban J connectivity index is 2.12. The van der Waals surface area contributed by atoms with Crippen molar-refractivity contribution < 1.29 is 4.79 Å². The summed E-state index contributed by atoms with van der Waals surface area (Å²) in [6.07, 6.45) is 1.62. The minimum atomic E-state index is -0.341. The number of nitrogens with one attached hydrogen (secondary N) is 2. The van der Waals surface area contributed by atoms with Crippen LogP contribution in [-0.2, 0) is 0 Å². The van der Waals surface area contributed by atoms with Crippen molar-refractivity contribution in [2.75, 3.05) is 10.6 Å². The van der Waals surface area contributed by atoms with Gasteiger partial charge in [-0.2, -0.15) is 0 Å². The van der Waals surface area contributed by atoms with E-state index in [-0.39, 0.29) is 11.4 Å². The summed E-state index contributed by atoms with van der Waals surface area (Å²) in [5.74, 6) is -0.341. The summed E-state index contributed by atoms with van der Waals surface area (Å²) in [7, 11) is 0. The summed E-state index contributed by atoms with van der Waals surface area (Å²) in [5.41, 5.74) is 1.54. The number of hydrogen-bond donors (Lipinski definition) is 2. The Morgan fingerprint density at radius 3 is 2.45 bits per heavy atom. The Hall–Kier alpha value is -1.78. The number of anilines is 2. The summed E-state index contributed by atoms with van der Waals surface area (Å²) in [6, 6.07) is 8.52. The van der Waals surface area contributed by atoms with Gasteiger partial charge in [-0.3, -0.25) is 4.79 Å². The second-order valence-corrected chi connectivity index (χ2v) is 6.65. The largest absolute Gasteiger partial charge is 0.379 e. The van der Waals surface area contributed by atoms with Crippen molar-refractivity contribution in [2.45, 2.75) is 26.3 Å². The van der Waals surface area contributed by atoms with Gasteiger partial charge in [0.05, 0.1) is 27.6 Å². The van der Waals surface area contributed by atoms with E-state index in [2.05, 4.69) is 36.4 Å². The first kappa shape index (κ1) is 16.6. The Bertz CT molecular complexity index is 679. The van der Waals surface area contributed by atoms with Gasteiger partial charge in [-0.1, -0.05) is 29.3 Å². The van der Waals surface area contributed by atoms with Gasteiger partial charge in [-0.15, -0.1) is 0 Å². The molecule has 2 aromatic rings. The van der Waals surface area contributed by atoms with Crippen molar-refractivity contribution in [3.63, 3.8) is 0 Å². The van der Waals surface area contributed by atoms with Crippen LogP contribution in [0.15, 0.2) is 36.5 Å². The zero-order chi connectivity index (χ0) is 16.3. The molecule has 0 saturated heterocycles. The molecular formula is C16H17Cl2N3O. The van der Waals surface area contributed by atoms with Crippen LogP contribution in [0.25, 0.3) is 0 Å². The van der Waals surface area contributed by atoms with Crippen LogP contribution in [0.5, 0.6) is 0 Å². The Labute approximate surface area is 139 Å². The molecule has 0 bridgehead atoms. The predicted octanol–water partition coefficient (Wildman–Crippen LogP) is 4.85. The molecule has 1 aromatic heterocycles. The third kappa shape index (κ3) is 4.36. The highest BCUT2D eigenvalue weighted by Crippen LogP contribution is 2.29. The summed E-state index contributed by atoms with van der Waals surface area (Å²) in [5, 5.41) is 6.67. The molecule has 0 aliphatic rings. The summed E-state index contributed by atoms with van der Waals surface area (Å²) in [6.45, 7) is 6.15. The van der Waals surface area contributed by atoms with E-state index < -0.39 is 0 Å². The van der Waals surface area contributed by atoms with E-state index in [9.17, 15) is 4.79 Å². The smallest absolute Gasteiger partial charge is 0.274 e. The summed E-state index contributed by atoms with van der Waals surface area (Å²) in [4.78, 5) is 16.3. The third-order valence-electron chi connectivity index (χ3n) is 2.72. The first-order valence-electron chi connectivity index (χ1n) is 6.76. The van der Waals surface area contributed by atoms with E-state index in [1.54, 1.807) is 30.5 Å². The van der Waals surface area contributed by atoms with Gasteiger partial charge < -0.3 is 10.6 Å². The Morgan fingerprint density at radius 1 is 1.14 bits per heavy atom. The lowest BCUT2D eigenvalue weighted by Gasteiger charge is -2.21. The van der Waals surface area contributed by atoms with Crippen molar-refractivity contribution in [1.82, 2.24) is 4.98 Å². The number of hydrogen-bond acceptors (Lipinski definition) is 3. The maximum absolute atomic E-state index is 12.2. The molecule has 22 heavy (non-hydrogen) atoms. The fourth-order valence-corrected chi connectivity index (χ4v) is 2.17. The number of carbonyl (C=O) groups is 1. The monoisotopic (exact) mass is 337 g/mol. The molecule has 0 spiro atoms. The second-order valence-electron chi connectivity index (χ2n) is 5.86. The second kappa shape index (κ2) is 6.55. The number of rotatable bonds is 3. The molecule has 0 aliphatic carbocycles. The SMILES string of the molecule is CC(C)(C)Nc1ccc(C(=O)Nc2cccc(Cl)c2Cl)nc1. The Morgan fingerprint density at radius 2 is 1.86 bits per heavy atom. The molecule has 0 radical (unpaired) electrons. The number of carbonyl (C=O) groups excluding carboxylic acids is 1. The van der Waals surface area contributed by atoms with E-state index in [0.717, 1.165) is 5.69 Å². The highest BCUT2D eigenvalue weighted by Gasteiger charge is 2.13. The topological polar surface area (TPSA) is 54.0 Å². The average Bonchev–Trinajstić information content (AvgIpc) is 2.43. The van der Waals surface area contributed by atoms with Crippen molar-refractivity contribution in [3.05, 3.63) is 52.3 Å². The van der Waals surface area contributed by atoms with Crippen molar-refractivity contribution in [2.24, 2.45) is 0 Å². The molecule has 1 heterocycles. The molecule has 0 unspecified atom stereocenters. The number of halogens is 2. The first-order chi connectivity index (χ1) is 10.3. The minimum Gasteiger partial charge on any atom is -0.379 e. The summed E-state index contributed by atoms with van der Waals surface area (Å²) < 4.78 is 0. The zero-order valence-electron chi connectivity index (χ0n) is 12.6. The van der Waals surface area contributed by atoms with E-state index in [1.807, 2.05) is 6.07 Å². The molecule has 116 valence electrons. The number of pyridine rings is 1. The van der Waals surface area contributed by atoms with Crippen molar-refractivity contribution >= 4 is 40.5 Å². The van der Waals surface area contributed by atoms with Crippen molar-refractivity contribution in [1.29, 1.82) is 0 Å². The fourth-order valence-electron chi connectivity index (χ4n) is 1.82. The molecule has 0 saturated carbocycles. The number of benzene rings is 1. The van der Waals surface area contributed by atoms with E-state index >= 15 is 0 Å². The number of aromatic nitrogens is 1. The van der Waals surface area contributed by atoms with Gasteiger partial charge in [0.15, 0.2) is 0 Å². The van der Waals surface area contributed by atoms with Gasteiger partial charge in [-0.05, 0) is 45.0 Å². The third-order valence-corrected chi connectivity index (χ3v) is 3.53. The predicted molar refractivity (Wildman–Crippen MR) is 92.0 cm³/mol. The minimum absolute atomic E-state index is 0.0697. The highest BCUT2D eigenvalue weighted by molar-refractivity contribution is 6.44. The fraction of sp³-hybridized carbons (Fsp3) is 0.250. The van der Waals surface area contributed by atoms with Crippen molar-refractivity contribution in [3.8, 4) is 0 Å². The van der Waals surface area contributed by atoms with Crippen LogP contribution in [0.3, 0.4) is 0 Å². The molecule has 6 heteroatoms. The molecule has 1 amide bonds. The highest BCUT2D eigenvalue weighted by atomic mass is 35.5. The van der Waals surface area contributed by atoms with Gasteiger partial charge >= 0.3 is 0 Å². The molecule has 0 atom stereocenters. The maximum Gasteiger partial charge on any atom is 0.274 e. The van der Waals surface area contributed by atoms with Crippen LogP contribution >= 0.6 is 23.2 Å². The zero-order valence-corrected chi connectivity index (χ0v) is 14.1. The lowest BCUT2D eigenvalue weighted by atomic mass is 10.1. The molecule has 2 rings (SSSR count). The van der Waals surface area contributed by atoms with Crippen LogP contribution in [0.2, 0.25) is 10.0 Å². The number of nitrogens with zero attached hydrogens (tertiary/aromatic N) is 1. The van der Waals surface area contributed by atoms with Gasteiger partial charge in [0.2, 0.25) is 0 Å². The maximum atomic E-state index is 12.2. The lowest BCUT2D eigenvalue weighted by Crippen LogP contribution is -2.26. The Kier molecular flexibility index (Phi) is 4.94. The number of amides is 1. The standard InChI is InChI=1S/C16H17Cl2N3O/c1-16(2,3)21-10-7-8-13(19-9-10)15(22)20-12-6-4-5-11(17)14(12)18/h4-9,21H,1-3H3,(H,20,22). The van der Waals surface area contributed by atoms with Crippen LogP contribution in [0.4, 0.5) is 11.4 Å². The van der Waals surface area contributed by atoms with Crippen LogP contribution in [0.1, 0.15) is 31.3 Å². The molecule has 0 aliphatic heterocycles. The van der Waals surface area contributed by atoms with Crippen LogP contribution < -0.4 is 10.6 Å². The molecule has 2 N–H and O–H groups in total. The van der Waals surface area contributed by atoms with Gasteiger partial charge in [0.1, 0.15) is 5.69 Å². The molecular weight excluding hydrogens is 321 g/mol. The van der Waals surface area contributed by atoms with E-state index in [1.165, 1.54) is 0 Å². The first-order valence-corrected chi connectivity index (χ1v) is 7.51. The van der Waals surface area contributed by atoms with E-state index in [0.29, 0.717) is 21.4 Å². The van der Waals surface area contributed by atoms with Crippen LogP contribution in [0, 0.1) is 0 Å². The molecule has 0 fully saturated rings. The normalized spacial score (nSPS) is 11.1. The summed E-state index contributed by atoms with van der Waals surface area (Å²) >= 11 is 12.0. The van der Waals surface area contributed by atoms with Crippen LogP contribution in [-0.4, -0.2) is 16.4 Å². The van der Waals surface area contributed by atoms with E-state index in [4.69, 9.17) is 23.2 Å².